The molecule has 0 N–H and O–H groups in total. The molecule has 0 bridgehead atoms. The minimum Gasteiger partial charge on any atom is -0.496 e. The number of ether oxygens (including phenoxy) is 2. The Morgan fingerprint density at radius 3 is 2.62 bits per heavy atom. The maximum Gasteiger partial charge on any atom is 0.220 e. The van der Waals surface area contributed by atoms with E-state index in [1.54, 1.807) is 20.4 Å². The van der Waals surface area contributed by atoms with Gasteiger partial charge in [-0.05, 0) is 36.2 Å². The molecule has 1 heterocycles. The Balaban J connectivity index is 2.59. The van der Waals surface area contributed by atoms with Crippen molar-refractivity contribution in [3.05, 3.63) is 30.5 Å². The molecule has 0 aromatic carbocycles. The lowest BCUT2D eigenvalue weighted by atomic mass is 9.58. The Kier molecular flexibility index (Phi) is 4.60. The molecular formula is C18H27NO2. The molecule has 1 aromatic rings. The topological polar surface area (TPSA) is 31.4 Å². The molecule has 3 heteroatoms. The Morgan fingerprint density at radius 1 is 1.33 bits per heavy atom. The van der Waals surface area contributed by atoms with Crippen molar-refractivity contribution in [1.82, 2.24) is 4.98 Å². The van der Waals surface area contributed by atoms with Crippen molar-refractivity contribution in [3.8, 4) is 11.6 Å². The van der Waals surface area contributed by atoms with Crippen LogP contribution in [0.15, 0.2) is 24.9 Å². The lowest BCUT2D eigenvalue weighted by molar-refractivity contribution is 0.126. The van der Waals surface area contributed by atoms with Crippen molar-refractivity contribution < 1.29 is 9.47 Å². The number of allylic oxidation sites excluding steroid dienone is 1. The number of methoxy groups -OCH3 is 2. The molecule has 1 aliphatic carbocycles. The normalized spacial score (nSPS) is 32.5. The van der Waals surface area contributed by atoms with E-state index in [0.717, 1.165) is 17.7 Å². The van der Waals surface area contributed by atoms with Gasteiger partial charge >= 0.3 is 0 Å². The second-order valence-electron chi connectivity index (χ2n) is 6.65. The molecule has 116 valence electrons. The van der Waals surface area contributed by atoms with E-state index in [1.807, 2.05) is 6.07 Å². The third-order valence-corrected chi connectivity index (χ3v) is 4.95. The lowest BCUT2D eigenvalue weighted by Crippen LogP contribution is -2.36. The molecule has 0 radical (unpaired) electrons. The van der Waals surface area contributed by atoms with Crippen LogP contribution in [-0.4, -0.2) is 19.2 Å². The number of nitrogens with zero attached hydrogens (tertiary/aromatic N) is 1. The van der Waals surface area contributed by atoms with E-state index in [-0.39, 0.29) is 5.41 Å². The highest BCUT2D eigenvalue weighted by atomic mass is 16.5. The Hall–Kier alpha value is -1.51. The second-order valence-corrected chi connectivity index (χ2v) is 6.65. The summed E-state index contributed by atoms with van der Waals surface area (Å²) >= 11 is 0. The molecule has 4 atom stereocenters. The average molecular weight is 289 g/mol. The summed E-state index contributed by atoms with van der Waals surface area (Å²) in [5.41, 5.74) is 1.12. The number of rotatable bonds is 4. The van der Waals surface area contributed by atoms with Gasteiger partial charge in [0, 0.05) is 12.1 Å². The van der Waals surface area contributed by atoms with Crippen LogP contribution in [0, 0.1) is 17.3 Å². The fraction of sp³-hybridized carbons (Fsp3) is 0.611. The highest BCUT2D eigenvalue weighted by molar-refractivity contribution is 5.45. The summed E-state index contributed by atoms with van der Waals surface area (Å²) in [6.45, 7) is 11.0. The first-order chi connectivity index (χ1) is 9.96. The van der Waals surface area contributed by atoms with E-state index < -0.39 is 0 Å². The molecule has 0 unspecified atom stereocenters. The van der Waals surface area contributed by atoms with Gasteiger partial charge in [-0.25, -0.2) is 4.98 Å². The van der Waals surface area contributed by atoms with Gasteiger partial charge in [0.2, 0.25) is 5.88 Å². The first kappa shape index (κ1) is 15.9. The minimum atomic E-state index is 0.0284. The van der Waals surface area contributed by atoms with Gasteiger partial charge in [-0.2, -0.15) is 0 Å². The number of aromatic nitrogens is 1. The third kappa shape index (κ3) is 2.78. The van der Waals surface area contributed by atoms with Crippen LogP contribution in [0.2, 0.25) is 0 Å². The van der Waals surface area contributed by atoms with Gasteiger partial charge in [0.05, 0.1) is 19.8 Å². The molecule has 1 aromatic heterocycles. The van der Waals surface area contributed by atoms with Gasteiger partial charge in [-0.3, -0.25) is 0 Å². The van der Waals surface area contributed by atoms with E-state index >= 15 is 0 Å². The van der Waals surface area contributed by atoms with Crippen LogP contribution in [-0.2, 0) is 0 Å². The maximum absolute atomic E-state index is 5.60. The minimum absolute atomic E-state index is 0.0284. The molecule has 2 rings (SSSR count). The standard InChI is InChI=1S/C18H27NO2/c1-7-18(4)11-12(2)10-13(3)16(18)15-14(20-5)8-9-19-17(15)21-6/h7-9,12-13,16H,1,10-11H2,2-6H3/t12-,13+,16+,18-/m0/s1. The predicted octanol–water partition coefficient (Wildman–Crippen LogP) is 4.44. The molecule has 0 spiro atoms. The molecule has 1 fully saturated rings. The van der Waals surface area contributed by atoms with Crippen LogP contribution in [0.5, 0.6) is 11.6 Å². The summed E-state index contributed by atoms with van der Waals surface area (Å²) in [6, 6.07) is 1.92. The van der Waals surface area contributed by atoms with Crippen molar-refractivity contribution in [2.75, 3.05) is 14.2 Å². The number of hydrogen-bond donors (Lipinski definition) is 0. The van der Waals surface area contributed by atoms with Crippen LogP contribution >= 0.6 is 0 Å². The molecular weight excluding hydrogens is 262 g/mol. The highest BCUT2D eigenvalue weighted by Gasteiger charge is 2.44. The summed E-state index contributed by atoms with van der Waals surface area (Å²) < 4.78 is 11.1. The zero-order chi connectivity index (χ0) is 15.6. The number of pyridine rings is 1. The average Bonchev–Trinajstić information content (AvgIpc) is 2.46. The quantitative estimate of drug-likeness (QED) is 0.768. The van der Waals surface area contributed by atoms with Gasteiger partial charge in [-0.15, -0.1) is 6.58 Å². The second kappa shape index (κ2) is 6.08. The first-order valence-electron chi connectivity index (χ1n) is 7.67. The van der Waals surface area contributed by atoms with Gasteiger partial charge in [0.15, 0.2) is 0 Å². The molecule has 1 aliphatic rings. The lowest BCUT2D eigenvalue weighted by Gasteiger charge is -2.46. The molecule has 0 aliphatic heterocycles. The zero-order valence-corrected chi connectivity index (χ0v) is 13.8. The van der Waals surface area contributed by atoms with Gasteiger partial charge < -0.3 is 9.47 Å². The smallest absolute Gasteiger partial charge is 0.220 e. The largest absolute Gasteiger partial charge is 0.496 e. The van der Waals surface area contributed by atoms with E-state index in [2.05, 4.69) is 38.4 Å². The van der Waals surface area contributed by atoms with Crippen molar-refractivity contribution in [2.45, 2.75) is 39.5 Å². The van der Waals surface area contributed by atoms with Gasteiger partial charge in [0.1, 0.15) is 5.75 Å². The van der Waals surface area contributed by atoms with Crippen molar-refractivity contribution in [2.24, 2.45) is 17.3 Å². The van der Waals surface area contributed by atoms with Crippen molar-refractivity contribution >= 4 is 0 Å². The molecule has 3 nitrogen and oxygen atoms in total. The Morgan fingerprint density at radius 2 is 2.05 bits per heavy atom. The van der Waals surface area contributed by atoms with E-state index in [4.69, 9.17) is 9.47 Å². The van der Waals surface area contributed by atoms with Crippen LogP contribution in [0.4, 0.5) is 0 Å². The van der Waals surface area contributed by atoms with E-state index in [9.17, 15) is 0 Å². The molecule has 21 heavy (non-hydrogen) atoms. The summed E-state index contributed by atoms with van der Waals surface area (Å²) in [4.78, 5) is 4.40. The van der Waals surface area contributed by atoms with Crippen LogP contribution < -0.4 is 9.47 Å². The molecule has 1 saturated carbocycles. The summed E-state index contributed by atoms with van der Waals surface area (Å²) in [6.07, 6.45) is 6.18. The SMILES string of the molecule is C=C[C@@]1(C)C[C@@H](C)C[C@@H](C)[C@@H]1c1c(OC)ccnc1OC. The van der Waals surface area contributed by atoms with Gasteiger partial charge in [0.25, 0.3) is 0 Å². The fourth-order valence-corrected chi connectivity index (χ4v) is 4.27. The van der Waals surface area contributed by atoms with E-state index in [0.29, 0.717) is 23.6 Å². The fourth-order valence-electron chi connectivity index (χ4n) is 4.27. The van der Waals surface area contributed by atoms with Crippen LogP contribution in [0.3, 0.4) is 0 Å². The van der Waals surface area contributed by atoms with Crippen LogP contribution in [0.25, 0.3) is 0 Å². The predicted molar refractivity (Wildman–Crippen MR) is 85.9 cm³/mol. The number of hydrogen-bond acceptors (Lipinski definition) is 3. The summed E-state index contributed by atoms with van der Waals surface area (Å²) in [5, 5.41) is 0. The first-order valence-corrected chi connectivity index (χ1v) is 7.67. The Labute approximate surface area is 128 Å². The molecule has 0 amide bonds. The Bertz CT molecular complexity index is 492. The third-order valence-electron chi connectivity index (χ3n) is 4.95. The van der Waals surface area contributed by atoms with Gasteiger partial charge in [-0.1, -0.05) is 26.8 Å². The van der Waals surface area contributed by atoms with Crippen LogP contribution in [0.1, 0.15) is 45.1 Å². The summed E-state index contributed by atoms with van der Waals surface area (Å²) in [7, 11) is 3.38. The highest BCUT2D eigenvalue weighted by Crippen LogP contribution is 2.56. The zero-order valence-electron chi connectivity index (χ0n) is 13.8. The van der Waals surface area contributed by atoms with E-state index in [1.165, 1.54) is 6.42 Å². The maximum atomic E-state index is 5.60. The van der Waals surface area contributed by atoms with Crippen molar-refractivity contribution in [3.63, 3.8) is 0 Å². The van der Waals surface area contributed by atoms with Crippen molar-refractivity contribution in [1.29, 1.82) is 0 Å². The molecule has 0 saturated heterocycles. The summed E-state index contributed by atoms with van der Waals surface area (Å²) in [5.74, 6) is 3.08. The monoisotopic (exact) mass is 289 g/mol.